The molecule has 0 bridgehead atoms. The first kappa shape index (κ1) is 100. The Morgan fingerprint density at radius 3 is 1.38 bits per heavy atom. The van der Waals surface area contributed by atoms with Crippen LogP contribution in [-0.4, -0.2) is 208 Å². The van der Waals surface area contributed by atoms with Crippen molar-refractivity contribution < 1.29 is 80.6 Å². The number of benzene rings is 9. The van der Waals surface area contributed by atoms with Crippen LogP contribution in [0.3, 0.4) is 0 Å². The molecule has 9 aromatic carbocycles. The molecule has 4 aliphatic rings. The van der Waals surface area contributed by atoms with Gasteiger partial charge in [-0.3, -0.25) is 9.59 Å². The van der Waals surface area contributed by atoms with E-state index in [0.29, 0.717) is 124 Å². The molecule has 10 aromatic rings. The molecular weight excluding hydrogens is 1670 g/mol. The fourth-order valence-electron chi connectivity index (χ4n) is 17.4. The summed E-state index contributed by atoms with van der Waals surface area (Å²) in [6.07, 6.45) is 13.7. The average Bonchev–Trinajstić information content (AvgIpc) is 1.66. The van der Waals surface area contributed by atoms with Crippen molar-refractivity contribution in [3.05, 3.63) is 269 Å². The number of hydrogen-bond acceptors (Lipinski definition) is 21. The zero-order valence-corrected chi connectivity index (χ0v) is 78.5. The standard InChI is InChI=1S/C37H50N2O6.C36H45N3O5.C35H46N2O6/c1-40-21-7-24-44-36-25-29(11-16-34(36)39-19-5-6-20-39)27-45-37-26-38-18-17-33(37)30-12-14-32(15-13-30)43-23-8-22-42-28-31-9-3-4-10-35(31)41-2;1-27(40)38-19-16-29-25-39(34-10-5-4-9-32(29)34)20-23-44-36-24-37-18-17-33(36)28-12-14-31(15-13-28)43-22-7-21-42-26-30-8-3-6-11-35(30)41-2;1-39-22-9-8-21-37(30-12-4-3-5-13-30)35(38)27-43-34-25-36-20-19-32(34)28-15-17-31(18-16-28)42-24-10-23-41-26-29-11-6-7-14-33(29)40-2/h3-4,9-16,25,33,37-38H,5-8,17-24,26-28H2,1-2H3;3-6,8-15,25,33,36-37H,7,16-24,26H2,1-2H3,(H,38,40);3-7,11-18,32,34,36H,8-10,19-27H2,1-2H3/t33-,37+;33-,36+;32-,34+/m111/s1. The lowest BCUT2D eigenvalue weighted by Crippen LogP contribution is -2.43. The summed E-state index contributed by atoms with van der Waals surface area (Å²) in [7, 11) is 8.46. The highest BCUT2D eigenvalue weighted by atomic mass is 16.5. The molecule has 0 saturated carbocycles. The van der Waals surface area contributed by atoms with E-state index in [4.69, 9.17) is 71.1 Å². The molecule has 4 N–H and O–H groups in total. The molecule has 4 fully saturated rings. The number of para-hydroxylation sites is 5. The molecule has 4 aliphatic heterocycles. The average molecular weight is 1810 g/mol. The van der Waals surface area contributed by atoms with E-state index in [0.717, 1.165) is 185 Å². The largest absolute Gasteiger partial charge is 0.496 e. The number of rotatable bonds is 52. The topological polar surface area (TPSA) is 232 Å². The molecule has 4 saturated heterocycles. The number of ether oxygens (including phenoxy) is 15. The van der Waals surface area contributed by atoms with E-state index in [9.17, 15) is 9.59 Å². The van der Waals surface area contributed by atoms with Crippen LogP contribution in [-0.2, 0) is 86.9 Å². The third-order valence-electron chi connectivity index (χ3n) is 24.4. The molecule has 2 amide bonds. The second-order valence-corrected chi connectivity index (χ2v) is 33.7. The van der Waals surface area contributed by atoms with Crippen LogP contribution in [0.2, 0.25) is 0 Å². The highest BCUT2D eigenvalue weighted by Gasteiger charge is 2.32. The molecule has 24 heteroatoms. The highest BCUT2D eigenvalue weighted by molar-refractivity contribution is 5.94. The number of fused-ring (bicyclic) bond motifs is 1. The number of methoxy groups -OCH3 is 5. The van der Waals surface area contributed by atoms with Gasteiger partial charge in [-0.05, 0) is 184 Å². The Morgan fingerprint density at radius 1 is 0.424 bits per heavy atom. The summed E-state index contributed by atoms with van der Waals surface area (Å²) in [6, 6.07) is 73.9. The van der Waals surface area contributed by atoms with Crippen LogP contribution in [0.25, 0.3) is 10.9 Å². The third kappa shape index (κ3) is 32.4. The number of amides is 2. The van der Waals surface area contributed by atoms with Crippen LogP contribution in [0.15, 0.2) is 225 Å². The van der Waals surface area contributed by atoms with E-state index in [1.807, 2.05) is 120 Å². The van der Waals surface area contributed by atoms with Crippen molar-refractivity contribution in [2.24, 2.45) is 0 Å². The molecular formula is C108H141N7O17. The van der Waals surface area contributed by atoms with Gasteiger partial charge in [0.15, 0.2) is 0 Å². The fourth-order valence-corrected chi connectivity index (χ4v) is 17.4. The SMILES string of the molecule is COCCCCN(C(=O)CO[C@H]1CNCC[C@@H]1c1ccc(OCCCOCc2ccccc2OC)cc1)c1ccccc1.COCCCOc1cc(CO[C@H]2CNCC[C@@H]2c2ccc(OCCCOCc3ccccc3OC)cc2)ccc1N1CCCC1.COc1ccccc1COCCCOc1ccc([C@H]2CCNC[C@@H]2OCCn2cc(CCNC(C)=O)c3ccccc32)cc1. The summed E-state index contributed by atoms with van der Waals surface area (Å²) in [5, 5.41) is 14.6. The number of unbranched alkanes of at least 4 members (excludes halogenated alkanes) is 1. The molecule has 0 unspecified atom stereocenters. The number of nitrogens with zero attached hydrogens (tertiary/aromatic N) is 3. The van der Waals surface area contributed by atoms with E-state index < -0.39 is 0 Å². The lowest BCUT2D eigenvalue weighted by molar-refractivity contribution is -0.126. The van der Waals surface area contributed by atoms with Gasteiger partial charge in [-0.2, -0.15) is 0 Å². The minimum absolute atomic E-state index is 0.00197. The molecule has 0 radical (unpaired) electrons. The number of carbonyl (C=O) groups is 2. The number of anilines is 2. The van der Waals surface area contributed by atoms with Gasteiger partial charge in [0.25, 0.3) is 5.91 Å². The van der Waals surface area contributed by atoms with Gasteiger partial charge < -0.3 is 107 Å². The lowest BCUT2D eigenvalue weighted by atomic mass is 9.87. The van der Waals surface area contributed by atoms with E-state index in [-0.39, 0.29) is 42.7 Å². The third-order valence-corrected chi connectivity index (χ3v) is 24.4. The maximum absolute atomic E-state index is 13.3. The van der Waals surface area contributed by atoms with E-state index in [1.165, 1.54) is 51.7 Å². The maximum Gasteiger partial charge on any atom is 0.252 e. The van der Waals surface area contributed by atoms with E-state index in [2.05, 4.69) is 140 Å². The van der Waals surface area contributed by atoms with Gasteiger partial charge in [-0.15, -0.1) is 0 Å². The van der Waals surface area contributed by atoms with Crippen molar-refractivity contribution in [2.75, 3.05) is 183 Å². The highest BCUT2D eigenvalue weighted by Crippen LogP contribution is 2.37. The smallest absolute Gasteiger partial charge is 0.252 e. The van der Waals surface area contributed by atoms with E-state index in [1.54, 1.807) is 42.5 Å². The lowest BCUT2D eigenvalue weighted by Gasteiger charge is -2.33. The fraction of sp³-hybridized carbons (Fsp3) is 0.463. The van der Waals surface area contributed by atoms with Crippen LogP contribution in [0, 0.1) is 0 Å². The molecule has 24 nitrogen and oxygen atoms in total. The first-order valence-electron chi connectivity index (χ1n) is 47.5. The summed E-state index contributed by atoms with van der Waals surface area (Å²) < 4.78 is 89.9. The summed E-state index contributed by atoms with van der Waals surface area (Å²) in [6.45, 7) is 19.6. The molecule has 14 rings (SSSR count). The zero-order chi connectivity index (χ0) is 91.8. The van der Waals surface area contributed by atoms with Crippen molar-refractivity contribution in [1.29, 1.82) is 0 Å². The quantitative estimate of drug-likeness (QED) is 0.0260. The monoisotopic (exact) mass is 1810 g/mol. The number of aromatic nitrogens is 1. The van der Waals surface area contributed by atoms with Crippen LogP contribution in [0.1, 0.15) is 140 Å². The van der Waals surface area contributed by atoms with Crippen molar-refractivity contribution in [3.8, 4) is 40.2 Å². The molecule has 710 valence electrons. The van der Waals surface area contributed by atoms with Gasteiger partial charge in [-0.25, -0.2) is 0 Å². The minimum atomic E-state index is -0.0871. The Labute approximate surface area is 782 Å². The van der Waals surface area contributed by atoms with Crippen molar-refractivity contribution >= 4 is 34.1 Å². The molecule has 1 aromatic heterocycles. The van der Waals surface area contributed by atoms with Crippen LogP contribution >= 0.6 is 0 Å². The first-order valence-corrected chi connectivity index (χ1v) is 47.5. The zero-order valence-electron chi connectivity index (χ0n) is 78.5. The maximum atomic E-state index is 13.3. The molecule has 0 aliphatic carbocycles. The second kappa shape index (κ2) is 57.1. The molecule has 132 heavy (non-hydrogen) atoms. The predicted molar refractivity (Wildman–Crippen MR) is 520 cm³/mol. The number of piperidine rings is 3. The summed E-state index contributed by atoms with van der Waals surface area (Å²) in [4.78, 5) is 28.9. The summed E-state index contributed by atoms with van der Waals surface area (Å²) in [5.41, 5.74) is 12.6. The van der Waals surface area contributed by atoms with Gasteiger partial charge in [0.2, 0.25) is 5.91 Å². The Hall–Kier alpha value is -10.6. The Bertz CT molecular complexity index is 4920. The Balaban J connectivity index is 0.000000179. The molecule has 0 spiro atoms. The van der Waals surface area contributed by atoms with Gasteiger partial charge in [0.1, 0.15) is 46.9 Å². The minimum Gasteiger partial charge on any atom is -0.496 e. The normalized spacial score (nSPS) is 17.1. The summed E-state index contributed by atoms with van der Waals surface area (Å²) >= 11 is 0. The van der Waals surface area contributed by atoms with Crippen molar-refractivity contribution in [2.45, 2.75) is 153 Å². The Kier molecular flexibility index (Phi) is 43.4. The number of carbonyl (C=O) groups excluding carboxylic acids is 2. The van der Waals surface area contributed by atoms with E-state index >= 15 is 0 Å². The molecule has 5 heterocycles. The van der Waals surface area contributed by atoms with Gasteiger partial charge in [0, 0.05) is 170 Å². The first-order chi connectivity index (χ1) is 65.1. The van der Waals surface area contributed by atoms with Gasteiger partial charge in [0.05, 0.1) is 125 Å². The summed E-state index contributed by atoms with van der Waals surface area (Å²) in [5.74, 6) is 6.94. The number of nitrogens with one attached hydrogen (secondary N) is 4. The van der Waals surface area contributed by atoms with Crippen molar-refractivity contribution in [1.82, 2.24) is 25.8 Å². The van der Waals surface area contributed by atoms with Crippen molar-refractivity contribution in [3.63, 3.8) is 0 Å². The predicted octanol–water partition coefficient (Wildman–Crippen LogP) is 17.4. The van der Waals surface area contributed by atoms with Crippen LogP contribution in [0.4, 0.5) is 11.4 Å². The van der Waals surface area contributed by atoms with Gasteiger partial charge >= 0.3 is 0 Å². The number of hydrogen-bond donors (Lipinski definition) is 4. The molecule has 6 atom stereocenters. The second-order valence-electron chi connectivity index (χ2n) is 33.7. The Morgan fingerprint density at radius 2 is 0.879 bits per heavy atom. The van der Waals surface area contributed by atoms with Crippen LogP contribution < -0.4 is 64.2 Å². The van der Waals surface area contributed by atoms with Gasteiger partial charge in [-0.1, -0.05) is 133 Å². The van der Waals surface area contributed by atoms with Crippen LogP contribution in [0.5, 0.6) is 40.2 Å².